The van der Waals surface area contributed by atoms with Crippen LogP contribution >= 0.6 is 0 Å². The molecule has 3 heteroatoms. The van der Waals surface area contributed by atoms with Crippen LogP contribution in [0.25, 0.3) is 0 Å². The first-order valence-corrected chi connectivity index (χ1v) is 6.47. The zero-order valence-electron chi connectivity index (χ0n) is 10.8. The van der Waals surface area contributed by atoms with E-state index in [-0.39, 0.29) is 5.92 Å². The summed E-state index contributed by atoms with van der Waals surface area (Å²) in [6.45, 7) is 8.49. The third-order valence-corrected chi connectivity index (χ3v) is 3.59. The molecule has 1 rings (SSSR count). The van der Waals surface area contributed by atoms with Crippen LogP contribution in [0.1, 0.15) is 46.5 Å². The van der Waals surface area contributed by atoms with E-state index in [0.29, 0.717) is 6.04 Å². The first-order chi connectivity index (χ1) is 7.50. The quantitative estimate of drug-likeness (QED) is 0.785. The van der Waals surface area contributed by atoms with Gasteiger partial charge >= 0.3 is 5.97 Å². The SMILES string of the molecule is CC(C)CCCN1CC(C(=O)O)CCC1C. The van der Waals surface area contributed by atoms with E-state index in [4.69, 9.17) is 5.11 Å². The Morgan fingerprint density at radius 2 is 2.12 bits per heavy atom. The second kappa shape index (κ2) is 6.24. The van der Waals surface area contributed by atoms with Crippen LogP contribution in [0.15, 0.2) is 0 Å². The molecule has 94 valence electrons. The molecule has 1 aliphatic rings. The number of hydrogen-bond acceptors (Lipinski definition) is 2. The molecular weight excluding hydrogens is 202 g/mol. The molecule has 3 nitrogen and oxygen atoms in total. The van der Waals surface area contributed by atoms with Crippen molar-refractivity contribution in [3.8, 4) is 0 Å². The Morgan fingerprint density at radius 1 is 1.44 bits per heavy atom. The van der Waals surface area contributed by atoms with E-state index in [1.165, 1.54) is 12.8 Å². The van der Waals surface area contributed by atoms with Crippen LogP contribution in [0.2, 0.25) is 0 Å². The van der Waals surface area contributed by atoms with Crippen molar-refractivity contribution in [3.63, 3.8) is 0 Å². The number of carbonyl (C=O) groups is 1. The maximum Gasteiger partial charge on any atom is 0.307 e. The number of aliphatic carboxylic acids is 1. The van der Waals surface area contributed by atoms with E-state index in [0.717, 1.165) is 31.8 Å². The number of piperidine rings is 1. The third kappa shape index (κ3) is 4.12. The van der Waals surface area contributed by atoms with Gasteiger partial charge in [0.2, 0.25) is 0 Å². The summed E-state index contributed by atoms with van der Waals surface area (Å²) in [7, 11) is 0. The molecule has 1 N–H and O–H groups in total. The van der Waals surface area contributed by atoms with Crippen LogP contribution in [-0.2, 0) is 4.79 Å². The van der Waals surface area contributed by atoms with Gasteiger partial charge in [0.15, 0.2) is 0 Å². The number of rotatable bonds is 5. The van der Waals surface area contributed by atoms with Gasteiger partial charge in [-0.1, -0.05) is 13.8 Å². The lowest BCUT2D eigenvalue weighted by Gasteiger charge is -2.36. The van der Waals surface area contributed by atoms with Crippen LogP contribution in [0.3, 0.4) is 0 Å². The monoisotopic (exact) mass is 227 g/mol. The molecule has 0 saturated carbocycles. The maximum absolute atomic E-state index is 11.0. The molecular formula is C13H25NO2. The van der Waals surface area contributed by atoms with Gasteiger partial charge in [0.25, 0.3) is 0 Å². The van der Waals surface area contributed by atoms with E-state index >= 15 is 0 Å². The Balaban J connectivity index is 2.35. The van der Waals surface area contributed by atoms with Crippen LogP contribution in [-0.4, -0.2) is 35.1 Å². The van der Waals surface area contributed by atoms with Crippen molar-refractivity contribution in [2.75, 3.05) is 13.1 Å². The van der Waals surface area contributed by atoms with E-state index in [2.05, 4.69) is 25.7 Å². The fourth-order valence-corrected chi connectivity index (χ4v) is 2.40. The third-order valence-electron chi connectivity index (χ3n) is 3.59. The number of nitrogens with zero attached hydrogens (tertiary/aromatic N) is 1. The summed E-state index contributed by atoms with van der Waals surface area (Å²) in [5.74, 6) is -0.0219. The molecule has 0 bridgehead atoms. The highest BCUT2D eigenvalue weighted by molar-refractivity contribution is 5.70. The van der Waals surface area contributed by atoms with Crippen LogP contribution in [0.5, 0.6) is 0 Å². The molecule has 0 spiro atoms. The van der Waals surface area contributed by atoms with Crippen molar-refractivity contribution >= 4 is 5.97 Å². The molecule has 0 amide bonds. The van der Waals surface area contributed by atoms with Gasteiger partial charge in [-0.25, -0.2) is 0 Å². The maximum atomic E-state index is 11.0. The summed E-state index contributed by atoms with van der Waals surface area (Å²) in [4.78, 5) is 13.3. The molecule has 0 aromatic heterocycles. The van der Waals surface area contributed by atoms with E-state index in [9.17, 15) is 4.79 Å². The fraction of sp³-hybridized carbons (Fsp3) is 0.923. The zero-order chi connectivity index (χ0) is 12.1. The van der Waals surface area contributed by atoms with Gasteiger partial charge in [0.05, 0.1) is 5.92 Å². The molecule has 0 aromatic carbocycles. The summed E-state index contributed by atoms with van der Waals surface area (Å²) >= 11 is 0. The first kappa shape index (κ1) is 13.5. The van der Waals surface area contributed by atoms with Crippen LogP contribution in [0, 0.1) is 11.8 Å². The predicted molar refractivity (Wildman–Crippen MR) is 65.5 cm³/mol. The lowest BCUT2D eigenvalue weighted by molar-refractivity contribution is -0.144. The van der Waals surface area contributed by atoms with Crippen molar-refractivity contribution < 1.29 is 9.90 Å². The van der Waals surface area contributed by atoms with E-state index in [1.807, 2.05) is 0 Å². The Kier molecular flexibility index (Phi) is 5.26. The van der Waals surface area contributed by atoms with Crippen molar-refractivity contribution in [2.24, 2.45) is 11.8 Å². The van der Waals surface area contributed by atoms with E-state index < -0.39 is 5.97 Å². The molecule has 0 radical (unpaired) electrons. The molecule has 0 aromatic rings. The number of carboxylic acids is 1. The van der Waals surface area contributed by atoms with Gasteiger partial charge in [-0.3, -0.25) is 9.69 Å². The highest BCUT2D eigenvalue weighted by atomic mass is 16.4. The summed E-state index contributed by atoms with van der Waals surface area (Å²) in [5.41, 5.74) is 0. The lowest BCUT2D eigenvalue weighted by Crippen LogP contribution is -2.44. The largest absolute Gasteiger partial charge is 0.481 e. The summed E-state index contributed by atoms with van der Waals surface area (Å²) in [6, 6.07) is 0.558. The minimum absolute atomic E-state index is 0.143. The number of carboxylic acid groups (broad SMARTS) is 1. The minimum atomic E-state index is -0.624. The standard InChI is InChI=1S/C13H25NO2/c1-10(2)5-4-8-14-9-12(13(15)16)7-6-11(14)3/h10-12H,4-9H2,1-3H3,(H,15,16). The van der Waals surface area contributed by atoms with Gasteiger partial charge in [-0.2, -0.15) is 0 Å². The molecule has 1 saturated heterocycles. The Hall–Kier alpha value is -0.570. The smallest absolute Gasteiger partial charge is 0.307 e. The fourth-order valence-electron chi connectivity index (χ4n) is 2.40. The van der Waals surface area contributed by atoms with Crippen molar-refractivity contribution in [2.45, 2.75) is 52.5 Å². The van der Waals surface area contributed by atoms with Crippen molar-refractivity contribution in [1.29, 1.82) is 0 Å². The normalized spacial score (nSPS) is 27.2. The van der Waals surface area contributed by atoms with E-state index in [1.54, 1.807) is 0 Å². The summed E-state index contributed by atoms with van der Waals surface area (Å²) in [6.07, 6.45) is 4.30. The Morgan fingerprint density at radius 3 is 2.69 bits per heavy atom. The highest BCUT2D eigenvalue weighted by Gasteiger charge is 2.29. The summed E-state index contributed by atoms with van der Waals surface area (Å²) < 4.78 is 0. The summed E-state index contributed by atoms with van der Waals surface area (Å²) in [5, 5.41) is 9.03. The molecule has 1 heterocycles. The molecule has 16 heavy (non-hydrogen) atoms. The molecule has 0 aliphatic carbocycles. The van der Waals surface area contributed by atoms with Crippen LogP contribution in [0.4, 0.5) is 0 Å². The average Bonchev–Trinajstić information content (AvgIpc) is 2.20. The van der Waals surface area contributed by atoms with Crippen LogP contribution < -0.4 is 0 Å². The molecule has 1 aliphatic heterocycles. The van der Waals surface area contributed by atoms with Gasteiger partial charge < -0.3 is 5.11 Å². The topological polar surface area (TPSA) is 40.5 Å². The van der Waals surface area contributed by atoms with Gasteiger partial charge in [-0.05, 0) is 45.1 Å². The lowest BCUT2D eigenvalue weighted by atomic mass is 9.93. The zero-order valence-corrected chi connectivity index (χ0v) is 10.8. The van der Waals surface area contributed by atoms with Gasteiger partial charge in [0.1, 0.15) is 0 Å². The Labute approximate surface area is 98.8 Å². The molecule has 2 atom stereocenters. The first-order valence-electron chi connectivity index (χ1n) is 6.47. The van der Waals surface area contributed by atoms with Crippen molar-refractivity contribution in [1.82, 2.24) is 4.90 Å². The predicted octanol–water partition coefficient (Wildman–Crippen LogP) is 2.61. The van der Waals surface area contributed by atoms with Gasteiger partial charge in [0, 0.05) is 12.6 Å². The molecule has 2 unspecified atom stereocenters. The minimum Gasteiger partial charge on any atom is -0.481 e. The van der Waals surface area contributed by atoms with Gasteiger partial charge in [-0.15, -0.1) is 0 Å². The second-order valence-corrected chi connectivity index (χ2v) is 5.49. The highest BCUT2D eigenvalue weighted by Crippen LogP contribution is 2.22. The molecule has 1 fully saturated rings. The number of likely N-dealkylation sites (tertiary alicyclic amines) is 1. The second-order valence-electron chi connectivity index (χ2n) is 5.49. The number of hydrogen-bond donors (Lipinski definition) is 1. The Bertz CT molecular complexity index is 228. The van der Waals surface area contributed by atoms with Crippen molar-refractivity contribution in [3.05, 3.63) is 0 Å². The average molecular weight is 227 g/mol.